The predicted molar refractivity (Wildman–Crippen MR) is 57.0 cm³/mol. The van der Waals surface area contributed by atoms with Crippen LogP contribution in [0.1, 0.15) is 46.0 Å². The van der Waals surface area contributed by atoms with E-state index >= 15 is 0 Å². The standard InChI is InChI=1S/C10H20N4/c1-5-9(4)11-6-10-13-12-7-14(10)8(2)3/h7-9,11H,5-6H2,1-4H3. The highest BCUT2D eigenvalue weighted by atomic mass is 15.3. The van der Waals surface area contributed by atoms with E-state index in [9.17, 15) is 0 Å². The zero-order valence-electron chi connectivity index (χ0n) is 9.49. The van der Waals surface area contributed by atoms with E-state index < -0.39 is 0 Å². The van der Waals surface area contributed by atoms with Crippen LogP contribution in [0.25, 0.3) is 0 Å². The normalized spacial score (nSPS) is 13.5. The SMILES string of the molecule is CCC(C)NCc1nncn1C(C)C. The molecule has 1 atom stereocenters. The highest BCUT2D eigenvalue weighted by Gasteiger charge is 2.07. The van der Waals surface area contributed by atoms with Crippen molar-refractivity contribution in [1.82, 2.24) is 20.1 Å². The van der Waals surface area contributed by atoms with Gasteiger partial charge in [-0.2, -0.15) is 0 Å². The van der Waals surface area contributed by atoms with Crippen LogP contribution >= 0.6 is 0 Å². The molecule has 0 bridgehead atoms. The Kier molecular flexibility index (Phi) is 4.07. The first-order valence-electron chi connectivity index (χ1n) is 5.26. The van der Waals surface area contributed by atoms with Crippen LogP contribution in [0.2, 0.25) is 0 Å². The van der Waals surface area contributed by atoms with Crippen LogP contribution in [0.3, 0.4) is 0 Å². The van der Waals surface area contributed by atoms with Crippen molar-refractivity contribution in [2.75, 3.05) is 0 Å². The molecule has 80 valence electrons. The van der Waals surface area contributed by atoms with Crippen molar-refractivity contribution in [3.8, 4) is 0 Å². The Morgan fingerprint density at radius 2 is 2.14 bits per heavy atom. The molecule has 14 heavy (non-hydrogen) atoms. The maximum Gasteiger partial charge on any atom is 0.147 e. The minimum atomic E-state index is 0.429. The number of nitrogens with one attached hydrogen (secondary N) is 1. The quantitative estimate of drug-likeness (QED) is 0.780. The van der Waals surface area contributed by atoms with E-state index in [2.05, 4.69) is 47.8 Å². The molecule has 0 aromatic carbocycles. The first-order chi connectivity index (χ1) is 6.65. The lowest BCUT2D eigenvalue weighted by atomic mass is 10.2. The van der Waals surface area contributed by atoms with Crippen LogP contribution < -0.4 is 5.32 Å². The van der Waals surface area contributed by atoms with Gasteiger partial charge in [0.1, 0.15) is 12.2 Å². The fourth-order valence-corrected chi connectivity index (χ4v) is 1.23. The van der Waals surface area contributed by atoms with Crippen molar-refractivity contribution in [3.63, 3.8) is 0 Å². The van der Waals surface area contributed by atoms with Crippen LogP contribution in [-0.4, -0.2) is 20.8 Å². The third-order valence-corrected chi connectivity index (χ3v) is 2.42. The van der Waals surface area contributed by atoms with Gasteiger partial charge >= 0.3 is 0 Å². The molecule has 1 rings (SSSR count). The smallest absolute Gasteiger partial charge is 0.147 e. The molecule has 1 aromatic heterocycles. The van der Waals surface area contributed by atoms with E-state index in [0.29, 0.717) is 12.1 Å². The molecule has 4 heteroatoms. The number of rotatable bonds is 5. The molecule has 0 saturated heterocycles. The Bertz CT molecular complexity index is 267. The second-order valence-corrected chi connectivity index (χ2v) is 3.94. The first-order valence-corrected chi connectivity index (χ1v) is 5.26. The summed E-state index contributed by atoms with van der Waals surface area (Å²) >= 11 is 0. The fraction of sp³-hybridized carbons (Fsp3) is 0.800. The van der Waals surface area contributed by atoms with Crippen LogP contribution in [0.4, 0.5) is 0 Å². The molecule has 1 N–H and O–H groups in total. The molecule has 0 amide bonds. The average molecular weight is 196 g/mol. The van der Waals surface area contributed by atoms with Crippen molar-refractivity contribution in [2.24, 2.45) is 0 Å². The Morgan fingerprint density at radius 1 is 1.43 bits per heavy atom. The lowest BCUT2D eigenvalue weighted by molar-refractivity contribution is 0.491. The van der Waals surface area contributed by atoms with Gasteiger partial charge in [0, 0.05) is 12.1 Å². The highest BCUT2D eigenvalue weighted by Crippen LogP contribution is 2.06. The number of hydrogen-bond donors (Lipinski definition) is 1. The number of hydrogen-bond acceptors (Lipinski definition) is 3. The van der Waals surface area contributed by atoms with Gasteiger partial charge in [0.15, 0.2) is 0 Å². The van der Waals surface area contributed by atoms with Gasteiger partial charge in [0.2, 0.25) is 0 Å². The summed E-state index contributed by atoms with van der Waals surface area (Å²) in [6.07, 6.45) is 2.92. The van der Waals surface area contributed by atoms with Gasteiger partial charge in [-0.25, -0.2) is 0 Å². The Hall–Kier alpha value is -0.900. The molecular weight excluding hydrogens is 176 g/mol. The average Bonchev–Trinajstić information content (AvgIpc) is 2.62. The van der Waals surface area contributed by atoms with Gasteiger partial charge in [-0.3, -0.25) is 0 Å². The lowest BCUT2D eigenvalue weighted by Gasteiger charge is -2.13. The first kappa shape index (κ1) is 11.2. The van der Waals surface area contributed by atoms with Crippen molar-refractivity contribution < 1.29 is 0 Å². The monoisotopic (exact) mass is 196 g/mol. The molecule has 0 aliphatic carbocycles. The Balaban J connectivity index is 2.54. The second kappa shape index (κ2) is 5.10. The van der Waals surface area contributed by atoms with E-state index in [1.54, 1.807) is 6.33 Å². The van der Waals surface area contributed by atoms with E-state index in [-0.39, 0.29) is 0 Å². The zero-order valence-corrected chi connectivity index (χ0v) is 9.49. The number of nitrogens with zero attached hydrogens (tertiary/aromatic N) is 3. The van der Waals surface area contributed by atoms with Crippen LogP contribution in [0.15, 0.2) is 6.33 Å². The summed E-state index contributed by atoms with van der Waals surface area (Å²) in [5, 5.41) is 11.4. The molecule has 0 radical (unpaired) electrons. The summed E-state index contributed by atoms with van der Waals surface area (Å²) in [5.74, 6) is 1.01. The van der Waals surface area contributed by atoms with E-state index in [0.717, 1.165) is 18.8 Å². The predicted octanol–water partition coefficient (Wildman–Crippen LogP) is 1.75. The lowest BCUT2D eigenvalue weighted by Crippen LogP contribution is -2.26. The van der Waals surface area contributed by atoms with E-state index in [4.69, 9.17) is 0 Å². The molecular formula is C10H20N4. The fourth-order valence-electron chi connectivity index (χ4n) is 1.23. The highest BCUT2D eigenvalue weighted by molar-refractivity contribution is 4.87. The van der Waals surface area contributed by atoms with Gasteiger partial charge in [-0.05, 0) is 27.2 Å². The van der Waals surface area contributed by atoms with Gasteiger partial charge in [-0.15, -0.1) is 10.2 Å². The molecule has 0 saturated carbocycles. The summed E-state index contributed by atoms with van der Waals surface area (Å²) in [5.41, 5.74) is 0. The molecule has 1 aromatic rings. The van der Waals surface area contributed by atoms with Crippen LogP contribution in [0.5, 0.6) is 0 Å². The van der Waals surface area contributed by atoms with Crippen LogP contribution in [-0.2, 0) is 6.54 Å². The minimum absolute atomic E-state index is 0.429. The Morgan fingerprint density at radius 3 is 2.71 bits per heavy atom. The third-order valence-electron chi connectivity index (χ3n) is 2.42. The van der Waals surface area contributed by atoms with Gasteiger partial charge < -0.3 is 9.88 Å². The minimum Gasteiger partial charge on any atom is -0.314 e. The molecule has 0 aliphatic heterocycles. The van der Waals surface area contributed by atoms with Crippen LogP contribution in [0, 0.1) is 0 Å². The van der Waals surface area contributed by atoms with Crippen molar-refractivity contribution in [2.45, 2.75) is 52.7 Å². The summed E-state index contributed by atoms with van der Waals surface area (Å²) < 4.78 is 2.09. The molecule has 0 fully saturated rings. The maximum atomic E-state index is 4.09. The maximum absolute atomic E-state index is 4.09. The molecule has 0 aliphatic rings. The van der Waals surface area contributed by atoms with Gasteiger partial charge in [0.25, 0.3) is 0 Å². The molecule has 4 nitrogen and oxygen atoms in total. The third kappa shape index (κ3) is 2.80. The Labute approximate surface area is 85.7 Å². The second-order valence-electron chi connectivity index (χ2n) is 3.94. The van der Waals surface area contributed by atoms with E-state index in [1.807, 2.05) is 0 Å². The van der Waals surface area contributed by atoms with E-state index in [1.165, 1.54) is 0 Å². The summed E-state index contributed by atoms with van der Waals surface area (Å²) in [7, 11) is 0. The van der Waals surface area contributed by atoms with Gasteiger partial charge in [-0.1, -0.05) is 6.92 Å². The van der Waals surface area contributed by atoms with Crippen molar-refractivity contribution in [3.05, 3.63) is 12.2 Å². The van der Waals surface area contributed by atoms with Crippen molar-refractivity contribution >= 4 is 0 Å². The topological polar surface area (TPSA) is 42.7 Å². The molecule has 1 unspecified atom stereocenters. The largest absolute Gasteiger partial charge is 0.314 e. The molecule has 0 spiro atoms. The summed E-state index contributed by atoms with van der Waals surface area (Å²) in [6.45, 7) is 9.42. The molecule has 1 heterocycles. The summed E-state index contributed by atoms with van der Waals surface area (Å²) in [6, 6.07) is 0.964. The number of aromatic nitrogens is 3. The van der Waals surface area contributed by atoms with Crippen molar-refractivity contribution in [1.29, 1.82) is 0 Å². The van der Waals surface area contributed by atoms with Gasteiger partial charge in [0.05, 0.1) is 6.54 Å². The zero-order chi connectivity index (χ0) is 10.6. The summed E-state index contributed by atoms with van der Waals surface area (Å²) in [4.78, 5) is 0.